The van der Waals surface area contributed by atoms with Crippen LogP contribution in [0.15, 0.2) is 60.9 Å². The molecule has 0 radical (unpaired) electrons. The quantitative estimate of drug-likeness (QED) is 0.585. The lowest BCUT2D eigenvalue weighted by atomic mass is 9.94. The van der Waals surface area contributed by atoms with E-state index in [9.17, 15) is 9.18 Å². The number of carbonyl (C=O) groups excluding carboxylic acids is 1. The second-order valence-electron chi connectivity index (χ2n) is 7.87. The van der Waals surface area contributed by atoms with Crippen molar-refractivity contribution in [1.29, 1.82) is 0 Å². The average molecular weight is 420 g/mol. The topological polar surface area (TPSA) is 55.3 Å². The van der Waals surface area contributed by atoms with Gasteiger partial charge in [0.2, 0.25) is 5.91 Å². The Morgan fingerprint density at radius 3 is 2.84 bits per heavy atom. The molecule has 1 aliphatic heterocycles. The number of benzene rings is 2. The molecule has 0 saturated carbocycles. The number of rotatable bonds is 6. The molecule has 160 valence electrons. The lowest BCUT2D eigenvalue weighted by Crippen LogP contribution is -2.39. The van der Waals surface area contributed by atoms with Gasteiger partial charge in [0.25, 0.3) is 0 Å². The van der Waals surface area contributed by atoms with Crippen molar-refractivity contribution in [3.05, 3.63) is 78.0 Å². The fraction of sp³-hybridized carbons (Fsp3) is 0.320. The zero-order valence-corrected chi connectivity index (χ0v) is 17.6. The Labute approximate surface area is 181 Å². The van der Waals surface area contributed by atoms with Crippen LogP contribution in [0.4, 0.5) is 4.39 Å². The number of likely N-dealkylation sites (tertiary alicyclic amines) is 1. The van der Waals surface area contributed by atoms with E-state index >= 15 is 0 Å². The highest BCUT2D eigenvalue weighted by Crippen LogP contribution is 2.28. The molecule has 1 saturated heterocycles. The molecule has 1 fully saturated rings. The van der Waals surface area contributed by atoms with Crippen LogP contribution in [0.3, 0.4) is 0 Å². The van der Waals surface area contributed by atoms with Crippen molar-refractivity contribution in [3.63, 3.8) is 0 Å². The summed E-state index contributed by atoms with van der Waals surface area (Å²) in [5, 5.41) is 0. The highest BCUT2D eigenvalue weighted by Gasteiger charge is 2.26. The number of nitrogens with zero attached hydrogens (tertiary/aromatic N) is 3. The highest BCUT2D eigenvalue weighted by molar-refractivity contribution is 5.76. The molecule has 1 atom stereocenters. The van der Waals surface area contributed by atoms with E-state index in [1.165, 1.54) is 12.1 Å². The van der Waals surface area contributed by atoms with Crippen molar-refractivity contribution >= 4 is 5.91 Å². The Morgan fingerprint density at radius 2 is 2.03 bits per heavy atom. The van der Waals surface area contributed by atoms with Crippen LogP contribution in [-0.2, 0) is 11.2 Å². The van der Waals surface area contributed by atoms with Gasteiger partial charge >= 0.3 is 0 Å². The fourth-order valence-corrected chi connectivity index (χ4v) is 4.00. The summed E-state index contributed by atoms with van der Waals surface area (Å²) >= 11 is 0. The first-order chi connectivity index (χ1) is 15.1. The van der Waals surface area contributed by atoms with Crippen LogP contribution in [0.5, 0.6) is 5.75 Å². The molecule has 1 aliphatic rings. The molecule has 0 aliphatic carbocycles. The molecular formula is C25H26FN3O2. The van der Waals surface area contributed by atoms with Crippen molar-refractivity contribution in [2.75, 3.05) is 20.2 Å². The number of ether oxygens (including phenoxy) is 1. The van der Waals surface area contributed by atoms with Gasteiger partial charge < -0.3 is 9.64 Å². The number of halogens is 1. The number of hydrogen-bond acceptors (Lipinski definition) is 4. The monoisotopic (exact) mass is 419 g/mol. The van der Waals surface area contributed by atoms with Crippen molar-refractivity contribution in [2.24, 2.45) is 0 Å². The molecule has 1 aromatic heterocycles. The number of amides is 1. The molecule has 6 heteroatoms. The van der Waals surface area contributed by atoms with Gasteiger partial charge in [-0.25, -0.2) is 9.37 Å². The summed E-state index contributed by atoms with van der Waals surface area (Å²) < 4.78 is 18.4. The van der Waals surface area contributed by atoms with Crippen LogP contribution in [0.1, 0.15) is 36.4 Å². The maximum atomic E-state index is 13.1. The van der Waals surface area contributed by atoms with Gasteiger partial charge in [-0.05, 0) is 49.1 Å². The van der Waals surface area contributed by atoms with Gasteiger partial charge in [0.1, 0.15) is 11.6 Å². The van der Waals surface area contributed by atoms with Crippen molar-refractivity contribution in [1.82, 2.24) is 14.9 Å². The summed E-state index contributed by atoms with van der Waals surface area (Å²) in [6.07, 6.45) is 6.53. The van der Waals surface area contributed by atoms with E-state index < -0.39 is 0 Å². The molecule has 2 heterocycles. The van der Waals surface area contributed by atoms with Crippen LogP contribution < -0.4 is 4.74 Å². The Balaban J connectivity index is 1.42. The Bertz CT molecular complexity index is 1040. The standard InChI is InChI=1S/C25H26FN3O2/c1-31-22-6-2-4-19(14-22)23-15-27-16-24(28-23)20-5-3-13-29(17-20)25(30)12-9-18-7-10-21(26)11-8-18/h2,4,6-8,10-11,14-16,20H,3,5,9,12-13,17H2,1H3. The molecule has 2 aromatic carbocycles. The third kappa shape index (κ3) is 5.26. The van der Waals surface area contributed by atoms with Gasteiger partial charge in [-0.2, -0.15) is 0 Å². The van der Waals surface area contributed by atoms with Crippen molar-refractivity contribution < 1.29 is 13.9 Å². The summed E-state index contributed by atoms with van der Waals surface area (Å²) in [5.74, 6) is 0.819. The molecule has 5 nitrogen and oxygen atoms in total. The molecule has 1 amide bonds. The number of piperidine rings is 1. The summed E-state index contributed by atoms with van der Waals surface area (Å²) in [5.41, 5.74) is 3.64. The van der Waals surface area contributed by atoms with E-state index in [1.807, 2.05) is 29.2 Å². The fourth-order valence-electron chi connectivity index (χ4n) is 4.00. The summed E-state index contributed by atoms with van der Waals surface area (Å²) in [6.45, 7) is 1.42. The minimum absolute atomic E-state index is 0.130. The first kappa shape index (κ1) is 21.0. The average Bonchev–Trinajstić information content (AvgIpc) is 2.83. The van der Waals surface area contributed by atoms with Crippen LogP contribution in [0.25, 0.3) is 11.3 Å². The van der Waals surface area contributed by atoms with Crippen LogP contribution in [-0.4, -0.2) is 41.0 Å². The molecule has 31 heavy (non-hydrogen) atoms. The zero-order valence-electron chi connectivity index (χ0n) is 17.6. The van der Waals surface area contributed by atoms with Crippen LogP contribution in [0.2, 0.25) is 0 Å². The lowest BCUT2D eigenvalue weighted by molar-refractivity contribution is -0.132. The molecule has 1 unspecified atom stereocenters. The van der Waals surface area contributed by atoms with Crippen molar-refractivity contribution in [2.45, 2.75) is 31.6 Å². The van der Waals surface area contributed by atoms with Gasteiger partial charge in [0.05, 0.1) is 24.7 Å². The Hall–Kier alpha value is -3.28. The van der Waals surface area contributed by atoms with Crippen molar-refractivity contribution in [3.8, 4) is 17.0 Å². The third-order valence-electron chi connectivity index (χ3n) is 5.75. The Morgan fingerprint density at radius 1 is 1.19 bits per heavy atom. The second kappa shape index (κ2) is 9.69. The predicted molar refractivity (Wildman–Crippen MR) is 117 cm³/mol. The maximum Gasteiger partial charge on any atom is 0.222 e. The van der Waals surface area contributed by atoms with E-state index in [2.05, 4.69) is 4.98 Å². The highest BCUT2D eigenvalue weighted by atomic mass is 19.1. The largest absolute Gasteiger partial charge is 0.497 e. The lowest BCUT2D eigenvalue weighted by Gasteiger charge is -2.32. The molecule has 3 aromatic rings. The summed E-state index contributed by atoms with van der Waals surface area (Å²) in [7, 11) is 1.64. The SMILES string of the molecule is COc1cccc(-c2cncc(C3CCCN(C(=O)CCc4ccc(F)cc4)C3)n2)c1. The van der Waals surface area contributed by atoms with Crippen LogP contribution >= 0.6 is 0 Å². The summed E-state index contributed by atoms with van der Waals surface area (Å²) in [6, 6.07) is 14.1. The van der Waals surface area contributed by atoms with E-state index in [1.54, 1.807) is 31.6 Å². The molecule has 0 bridgehead atoms. The van der Waals surface area contributed by atoms with Gasteiger partial charge in [0.15, 0.2) is 0 Å². The van der Waals surface area contributed by atoms with E-state index in [0.29, 0.717) is 19.4 Å². The third-order valence-corrected chi connectivity index (χ3v) is 5.75. The van der Waals surface area contributed by atoms with E-state index in [0.717, 1.165) is 47.7 Å². The first-order valence-corrected chi connectivity index (χ1v) is 10.6. The van der Waals surface area contributed by atoms with E-state index in [4.69, 9.17) is 9.72 Å². The predicted octanol–water partition coefficient (Wildman–Crippen LogP) is 4.63. The number of hydrogen-bond donors (Lipinski definition) is 0. The summed E-state index contributed by atoms with van der Waals surface area (Å²) in [4.78, 5) is 24.0. The Kier molecular flexibility index (Phi) is 6.55. The van der Waals surface area contributed by atoms with Gasteiger partial charge in [-0.1, -0.05) is 24.3 Å². The van der Waals surface area contributed by atoms with Crippen LogP contribution in [0, 0.1) is 5.82 Å². The van der Waals surface area contributed by atoms with Gasteiger partial charge in [-0.3, -0.25) is 9.78 Å². The minimum Gasteiger partial charge on any atom is -0.497 e. The van der Waals surface area contributed by atoms with Gasteiger partial charge in [0, 0.05) is 37.2 Å². The molecule has 4 rings (SSSR count). The normalized spacial score (nSPS) is 16.2. The smallest absolute Gasteiger partial charge is 0.222 e. The zero-order chi connectivity index (χ0) is 21.6. The van der Waals surface area contributed by atoms with Gasteiger partial charge in [-0.15, -0.1) is 0 Å². The number of aromatic nitrogens is 2. The number of carbonyl (C=O) groups is 1. The molecule has 0 N–H and O–H groups in total. The molecular weight excluding hydrogens is 393 g/mol. The van der Waals surface area contributed by atoms with E-state index in [-0.39, 0.29) is 17.6 Å². The first-order valence-electron chi connectivity index (χ1n) is 10.6. The number of aryl methyl sites for hydroxylation is 1. The maximum absolute atomic E-state index is 13.1. The molecule has 0 spiro atoms. The number of methoxy groups -OCH3 is 1. The second-order valence-corrected chi connectivity index (χ2v) is 7.87. The minimum atomic E-state index is -0.258.